The highest BCUT2D eigenvalue weighted by Crippen LogP contribution is 2.19. The smallest absolute Gasteiger partial charge is 0.408 e. The summed E-state index contributed by atoms with van der Waals surface area (Å²) < 4.78 is 9.56. The molecular weight excluding hydrogens is 284 g/mol. The Kier molecular flexibility index (Phi) is 5.46. The van der Waals surface area contributed by atoms with Crippen molar-refractivity contribution >= 4 is 23.4 Å². The first-order valence-corrected chi connectivity index (χ1v) is 6.82. The number of carbonyl (C=O) groups is 2. The Morgan fingerprint density at radius 2 is 2.10 bits per heavy atom. The maximum absolute atomic E-state index is 11.8. The fourth-order valence-electron chi connectivity index (χ4n) is 1.38. The maximum atomic E-state index is 11.8. The van der Waals surface area contributed by atoms with Gasteiger partial charge < -0.3 is 19.9 Å². The van der Waals surface area contributed by atoms with Crippen LogP contribution in [0.25, 0.3) is 0 Å². The Morgan fingerprint density at radius 1 is 1.45 bits per heavy atom. The third-order valence-corrected chi connectivity index (χ3v) is 2.81. The molecule has 1 aromatic heterocycles. The number of esters is 1. The lowest BCUT2D eigenvalue weighted by atomic mass is 10.1. The van der Waals surface area contributed by atoms with Gasteiger partial charge in [0.1, 0.15) is 11.6 Å². The van der Waals surface area contributed by atoms with Crippen LogP contribution in [0.3, 0.4) is 0 Å². The van der Waals surface area contributed by atoms with Gasteiger partial charge in [-0.25, -0.2) is 14.6 Å². The number of nitrogens with zero attached hydrogens (tertiary/aromatic N) is 1. The van der Waals surface area contributed by atoms with Crippen molar-refractivity contribution in [2.75, 3.05) is 7.11 Å². The average molecular weight is 302 g/mol. The molecule has 0 aliphatic rings. The molecule has 112 valence electrons. The van der Waals surface area contributed by atoms with Crippen LogP contribution in [0.1, 0.15) is 32.5 Å². The van der Waals surface area contributed by atoms with E-state index in [1.165, 1.54) is 16.8 Å². The fourth-order valence-corrected chi connectivity index (χ4v) is 1.97. The van der Waals surface area contributed by atoms with Gasteiger partial charge in [0, 0.05) is 5.38 Å². The number of carbonyl (C=O) groups excluding carboxylic acids is 2. The van der Waals surface area contributed by atoms with Crippen molar-refractivity contribution in [3.63, 3.8) is 0 Å². The second-order valence-corrected chi connectivity index (χ2v) is 5.72. The van der Waals surface area contributed by atoms with E-state index in [1.54, 1.807) is 26.2 Å². The Labute approximate surface area is 120 Å². The zero-order chi connectivity index (χ0) is 15.3. The van der Waals surface area contributed by atoms with Crippen LogP contribution in [0.15, 0.2) is 10.9 Å². The summed E-state index contributed by atoms with van der Waals surface area (Å²) in [4.78, 5) is 27.2. The number of thiazole rings is 1. The van der Waals surface area contributed by atoms with Gasteiger partial charge in [-0.2, -0.15) is 0 Å². The van der Waals surface area contributed by atoms with Crippen molar-refractivity contribution in [2.45, 2.75) is 38.5 Å². The van der Waals surface area contributed by atoms with Crippen molar-refractivity contribution in [3.05, 3.63) is 16.6 Å². The first kappa shape index (κ1) is 16.4. The number of rotatable bonds is 4. The predicted octanol–water partition coefficient (Wildman–Crippen LogP) is 1.24. The molecule has 0 bridgehead atoms. The van der Waals surface area contributed by atoms with Gasteiger partial charge in [0.05, 0.1) is 18.3 Å². The Balaban J connectivity index is 2.84. The van der Waals surface area contributed by atoms with E-state index in [9.17, 15) is 14.7 Å². The minimum absolute atomic E-state index is 0.360. The van der Waals surface area contributed by atoms with Crippen LogP contribution < -0.4 is 5.32 Å². The van der Waals surface area contributed by atoms with E-state index in [2.05, 4.69) is 15.0 Å². The molecule has 2 N–H and O–H groups in total. The minimum atomic E-state index is -1.56. The molecule has 0 aliphatic heterocycles. The van der Waals surface area contributed by atoms with Crippen molar-refractivity contribution in [3.8, 4) is 0 Å². The molecule has 0 spiro atoms. The minimum Gasteiger partial charge on any atom is -0.467 e. The zero-order valence-corrected chi connectivity index (χ0v) is 12.6. The van der Waals surface area contributed by atoms with E-state index in [-0.39, 0.29) is 0 Å². The molecule has 1 amide bonds. The van der Waals surface area contributed by atoms with Gasteiger partial charge in [0.15, 0.2) is 6.10 Å². The van der Waals surface area contributed by atoms with Crippen LogP contribution in [0.4, 0.5) is 4.79 Å². The molecule has 0 saturated carbocycles. The Morgan fingerprint density at radius 3 is 2.55 bits per heavy atom. The van der Waals surface area contributed by atoms with Gasteiger partial charge >= 0.3 is 12.1 Å². The molecule has 8 heteroatoms. The Bertz CT molecular complexity index is 455. The van der Waals surface area contributed by atoms with E-state index in [4.69, 9.17) is 4.74 Å². The van der Waals surface area contributed by atoms with Gasteiger partial charge in [-0.1, -0.05) is 0 Å². The maximum Gasteiger partial charge on any atom is 0.408 e. The van der Waals surface area contributed by atoms with E-state index in [0.717, 1.165) is 7.11 Å². The quantitative estimate of drug-likeness (QED) is 0.812. The van der Waals surface area contributed by atoms with Crippen molar-refractivity contribution in [1.82, 2.24) is 10.3 Å². The lowest BCUT2D eigenvalue weighted by Crippen LogP contribution is -2.43. The van der Waals surface area contributed by atoms with Gasteiger partial charge in [0.2, 0.25) is 0 Å². The second kappa shape index (κ2) is 6.67. The topological polar surface area (TPSA) is 97.8 Å². The molecule has 1 rings (SSSR count). The van der Waals surface area contributed by atoms with Crippen LogP contribution >= 0.6 is 11.3 Å². The van der Waals surface area contributed by atoms with Gasteiger partial charge in [-0.05, 0) is 20.8 Å². The van der Waals surface area contributed by atoms with Gasteiger partial charge in [-0.3, -0.25) is 0 Å². The highest BCUT2D eigenvalue weighted by Gasteiger charge is 2.32. The van der Waals surface area contributed by atoms with Gasteiger partial charge in [-0.15, -0.1) is 11.3 Å². The van der Waals surface area contributed by atoms with Crippen LogP contribution in [-0.4, -0.2) is 41.0 Å². The standard InChI is InChI=1S/C12H18N2O5S/c1-12(2,3)19-11(17)14-8(7-5-20-6-13-7)9(15)10(16)18-4/h5-6,8-9,15H,1-4H3,(H,14,17)/t8-,9+/m0/s1. The first-order valence-electron chi connectivity index (χ1n) is 5.88. The van der Waals surface area contributed by atoms with Crippen molar-refractivity contribution < 1.29 is 24.2 Å². The summed E-state index contributed by atoms with van der Waals surface area (Å²) in [5, 5.41) is 14.0. The Hall–Kier alpha value is -1.67. The van der Waals surface area contributed by atoms with Crippen LogP contribution in [0, 0.1) is 0 Å². The summed E-state index contributed by atoms with van der Waals surface area (Å²) in [6, 6.07) is -1.02. The summed E-state index contributed by atoms with van der Waals surface area (Å²) in [7, 11) is 1.15. The summed E-state index contributed by atoms with van der Waals surface area (Å²) in [5.74, 6) is -0.862. The number of ether oxygens (including phenoxy) is 2. The lowest BCUT2D eigenvalue weighted by Gasteiger charge is -2.24. The number of hydrogen-bond acceptors (Lipinski definition) is 7. The largest absolute Gasteiger partial charge is 0.467 e. The van der Waals surface area contributed by atoms with Gasteiger partial charge in [0.25, 0.3) is 0 Å². The molecule has 0 radical (unpaired) electrons. The molecule has 0 aliphatic carbocycles. The monoisotopic (exact) mass is 302 g/mol. The number of amides is 1. The van der Waals surface area contributed by atoms with Crippen LogP contribution in [0.2, 0.25) is 0 Å². The van der Waals surface area contributed by atoms with Crippen LogP contribution in [-0.2, 0) is 14.3 Å². The number of nitrogens with one attached hydrogen (secondary N) is 1. The summed E-state index contributed by atoms with van der Waals surface area (Å²) in [6.07, 6.45) is -2.31. The number of aliphatic hydroxyl groups excluding tert-OH is 1. The fraction of sp³-hybridized carbons (Fsp3) is 0.583. The molecule has 1 heterocycles. The van der Waals surface area contributed by atoms with E-state index >= 15 is 0 Å². The zero-order valence-electron chi connectivity index (χ0n) is 11.7. The molecule has 2 atom stereocenters. The molecule has 0 fully saturated rings. The lowest BCUT2D eigenvalue weighted by molar-refractivity contribution is -0.152. The van der Waals surface area contributed by atoms with E-state index < -0.39 is 29.8 Å². The summed E-state index contributed by atoms with van der Waals surface area (Å²) in [6.45, 7) is 5.13. The van der Waals surface area contributed by atoms with Crippen LogP contribution in [0.5, 0.6) is 0 Å². The molecule has 0 unspecified atom stereocenters. The molecule has 7 nitrogen and oxygen atoms in total. The first-order chi connectivity index (χ1) is 9.24. The second-order valence-electron chi connectivity index (χ2n) is 5.01. The third kappa shape index (κ3) is 4.78. The summed E-state index contributed by atoms with van der Waals surface area (Å²) >= 11 is 1.28. The van der Waals surface area contributed by atoms with Crippen molar-refractivity contribution in [1.29, 1.82) is 0 Å². The number of hydrogen-bond donors (Lipinski definition) is 2. The SMILES string of the molecule is COC(=O)[C@H](O)[C@@H](NC(=O)OC(C)(C)C)c1cscn1. The molecule has 20 heavy (non-hydrogen) atoms. The number of aromatic nitrogens is 1. The van der Waals surface area contributed by atoms with Crippen molar-refractivity contribution in [2.24, 2.45) is 0 Å². The number of methoxy groups -OCH3 is 1. The molecule has 0 aromatic carbocycles. The molecule has 0 saturated heterocycles. The highest BCUT2D eigenvalue weighted by atomic mass is 32.1. The number of aliphatic hydroxyl groups is 1. The molecule has 1 aromatic rings. The highest BCUT2D eigenvalue weighted by molar-refractivity contribution is 7.07. The summed E-state index contributed by atoms with van der Waals surface area (Å²) in [5.41, 5.74) is 1.20. The predicted molar refractivity (Wildman–Crippen MR) is 72.2 cm³/mol. The number of alkyl carbamates (subject to hydrolysis) is 1. The van der Waals surface area contributed by atoms with E-state index in [0.29, 0.717) is 5.69 Å². The average Bonchev–Trinajstić information content (AvgIpc) is 2.85. The third-order valence-electron chi connectivity index (χ3n) is 2.20. The molecular formula is C12H18N2O5S. The van der Waals surface area contributed by atoms with E-state index in [1.807, 2.05) is 0 Å². The normalized spacial score (nSPS) is 14.2.